The van der Waals surface area contributed by atoms with Crippen molar-refractivity contribution >= 4 is 34.5 Å². The Morgan fingerprint density at radius 2 is 1.81 bits per heavy atom. The lowest BCUT2D eigenvalue weighted by Crippen LogP contribution is -2.49. The number of guanidine groups is 1. The number of aliphatic imine (C=N–C) groups is 1. The highest BCUT2D eigenvalue weighted by atomic mass is 16.5. The lowest BCUT2D eigenvalue weighted by Gasteiger charge is -2.28. The number of esters is 1. The number of carbonyl (C=O) groups is 3. The van der Waals surface area contributed by atoms with Crippen LogP contribution in [-0.2, 0) is 14.3 Å². The molecule has 6 N–H and O–H groups in total. The fraction of sp³-hybridized carbons (Fsp3) is 0.375. The van der Waals surface area contributed by atoms with Crippen LogP contribution >= 0.6 is 0 Å². The van der Waals surface area contributed by atoms with Gasteiger partial charge in [0.25, 0.3) is 5.91 Å². The number of rotatable bonds is 12. The van der Waals surface area contributed by atoms with Crippen LogP contribution in [0.15, 0.2) is 77.8 Å². The third kappa shape index (κ3) is 8.29. The molecule has 0 aromatic heterocycles. The largest absolute Gasteiger partial charge is 0.465 e. The molecule has 0 radical (unpaired) electrons. The summed E-state index contributed by atoms with van der Waals surface area (Å²) in [6.45, 7) is 3.39. The Morgan fingerprint density at radius 1 is 1.07 bits per heavy atom. The average Bonchev–Trinajstić information content (AvgIpc) is 3.14. The van der Waals surface area contributed by atoms with Gasteiger partial charge in [-0.05, 0) is 54.7 Å². The van der Waals surface area contributed by atoms with Gasteiger partial charge in [-0.1, -0.05) is 60.7 Å². The van der Waals surface area contributed by atoms with Crippen LogP contribution in [0, 0.1) is 0 Å². The van der Waals surface area contributed by atoms with E-state index in [9.17, 15) is 14.4 Å². The standard InChI is InChI=1S/C32H40N6O4/c1-2-42-31(41)27(23-10-4-3-5-11-23)21-38-18-16-26(37-28(30(38)40)13-8-17-35-32(33)34)20-36-29(39)25-15-14-22-9-6-7-12-24(22)19-25/h3-7,9-12,14-15,19,26-28,37H,2,8,13,16-18,20-21H2,1H3,(H,36,39)(H4,33,34,35). The van der Waals surface area contributed by atoms with E-state index in [1.54, 1.807) is 11.8 Å². The summed E-state index contributed by atoms with van der Waals surface area (Å²) in [6, 6.07) is 22.2. The van der Waals surface area contributed by atoms with E-state index < -0.39 is 12.0 Å². The minimum Gasteiger partial charge on any atom is -0.465 e. The van der Waals surface area contributed by atoms with Gasteiger partial charge in [-0.2, -0.15) is 0 Å². The SMILES string of the molecule is CCOC(=O)C(CN1CCC(CNC(=O)c2ccc3ccccc3c2)NC(CCCN=C(N)N)C1=O)c1ccccc1. The maximum Gasteiger partial charge on any atom is 0.315 e. The zero-order valence-electron chi connectivity index (χ0n) is 24.0. The normalized spacial score (nSPS) is 17.7. The highest BCUT2D eigenvalue weighted by molar-refractivity contribution is 5.98. The molecular formula is C32H40N6O4. The number of hydrogen-bond acceptors (Lipinski definition) is 6. The van der Waals surface area contributed by atoms with Crippen molar-refractivity contribution in [2.75, 3.05) is 32.8 Å². The van der Waals surface area contributed by atoms with Gasteiger partial charge in [-0.15, -0.1) is 0 Å². The number of hydrogen-bond donors (Lipinski definition) is 4. The van der Waals surface area contributed by atoms with Gasteiger partial charge in [0.2, 0.25) is 5.91 Å². The van der Waals surface area contributed by atoms with E-state index in [0.717, 1.165) is 16.3 Å². The first kappa shape index (κ1) is 30.5. The molecular weight excluding hydrogens is 532 g/mol. The Labute approximate surface area is 246 Å². The Bertz CT molecular complexity index is 1390. The molecule has 1 aliphatic rings. The van der Waals surface area contributed by atoms with Crippen molar-refractivity contribution < 1.29 is 19.1 Å². The third-order valence-corrected chi connectivity index (χ3v) is 7.44. The van der Waals surface area contributed by atoms with Gasteiger partial charge < -0.3 is 31.7 Å². The predicted octanol–water partition coefficient (Wildman–Crippen LogP) is 2.53. The van der Waals surface area contributed by atoms with Crippen LogP contribution in [0.5, 0.6) is 0 Å². The molecule has 4 rings (SSSR count). The van der Waals surface area contributed by atoms with Gasteiger partial charge in [0, 0.05) is 37.8 Å². The average molecular weight is 573 g/mol. The van der Waals surface area contributed by atoms with E-state index >= 15 is 0 Å². The van der Waals surface area contributed by atoms with Crippen LogP contribution in [0.1, 0.15) is 48.0 Å². The Morgan fingerprint density at radius 3 is 2.55 bits per heavy atom. The number of benzene rings is 3. The molecule has 222 valence electrons. The fourth-order valence-electron chi connectivity index (χ4n) is 5.25. The van der Waals surface area contributed by atoms with Crippen molar-refractivity contribution in [1.82, 2.24) is 15.5 Å². The highest BCUT2D eigenvalue weighted by Gasteiger charge is 2.34. The lowest BCUT2D eigenvalue weighted by molar-refractivity contribution is -0.146. The van der Waals surface area contributed by atoms with Crippen molar-refractivity contribution in [3.05, 3.63) is 83.9 Å². The summed E-state index contributed by atoms with van der Waals surface area (Å²) in [5.41, 5.74) is 12.3. The fourth-order valence-corrected chi connectivity index (χ4v) is 5.25. The molecule has 0 spiro atoms. The van der Waals surface area contributed by atoms with Gasteiger partial charge >= 0.3 is 5.97 Å². The number of carbonyl (C=O) groups excluding carboxylic acids is 3. The minimum atomic E-state index is -0.610. The van der Waals surface area contributed by atoms with Crippen LogP contribution in [0.2, 0.25) is 0 Å². The number of ether oxygens (including phenoxy) is 1. The molecule has 1 aliphatic heterocycles. The lowest BCUT2D eigenvalue weighted by atomic mass is 9.98. The molecule has 2 amide bonds. The van der Waals surface area contributed by atoms with Crippen LogP contribution < -0.4 is 22.1 Å². The Hall–Kier alpha value is -4.44. The monoisotopic (exact) mass is 572 g/mol. The molecule has 1 saturated heterocycles. The van der Waals surface area contributed by atoms with E-state index in [0.29, 0.717) is 44.5 Å². The first-order valence-electron chi connectivity index (χ1n) is 14.4. The minimum absolute atomic E-state index is 0.00574. The van der Waals surface area contributed by atoms with Gasteiger partial charge in [-0.3, -0.25) is 19.4 Å². The van der Waals surface area contributed by atoms with E-state index in [1.807, 2.05) is 72.8 Å². The summed E-state index contributed by atoms with van der Waals surface area (Å²) in [6.07, 6.45) is 1.68. The number of nitrogens with two attached hydrogens (primary N) is 2. The molecule has 1 heterocycles. The second-order valence-corrected chi connectivity index (χ2v) is 10.4. The van der Waals surface area contributed by atoms with Gasteiger partial charge in [0.15, 0.2) is 5.96 Å². The number of fused-ring (bicyclic) bond motifs is 1. The van der Waals surface area contributed by atoms with Crippen LogP contribution in [-0.4, -0.2) is 73.5 Å². The molecule has 3 aromatic rings. The molecule has 0 bridgehead atoms. The van der Waals surface area contributed by atoms with Crippen molar-refractivity contribution in [1.29, 1.82) is 0 Å². The van der Waals surface area contributed by atoms with E-state index in [2.05, 4.69) is 15.6 Å². The zero-order valence-corrected chi connectivity index (χ0v) is 24.0. The Kier molecular flexibility index (Phi) is 10.9. The number of nitrogens with one attached hydrogen (secondary N) is 2. The molecule has 10 nitrogen and oxygen atoms in total. The summed E-state index contributed by atoms with van der Waals surface area (Å²) < 4.78 is 5.37. The summed E-state index contributed by atoms with van der Waals surface area (Å²) in [5.74, 6) is -1.25. The Balaban J connectivity index is 1.47. The maximum atomic E-state index is 13.8. The van der Waals surface area contributed by atoms with Crippen LogP contribution in [0.25, 0.3) is 10.8 Å². The molecule has 3 aromatic carbocycles. The van der Waals surface area contributed by atoms with E-state index in [-0.39, 0.29) is 42.9 Å². The number of nitrogens with zero attached hydrogens (tertiary/aromatic N) is 2. The molecule has 10 heteroatoms. The topological polar surface area (TPSA) is 152 Å². The van der Waals surface area contributed by atoms with Crippen LogP contribution in [0.4, 0.5) is 0 Å². The van der Waals surface area contributed by atoms with Crippen LogP contribution in [0.3, 0.4) is 0 Å². The van der Waals surface area contributed by atoms with E-state index in [1.165, 1.54) is 0 Å². The third-order valence-electron chi connectivity index (χ3n) is 7.44. The van der Waals surface area contributed by atoms with Crippen molar-refractivity contribution in [3.63, 3.8) is 0 Å². The quantitative estimate of drug-likeness (QED) is 0.113. The number of amides is 2. The second-order valence-electron chi connectivity index (χ2n) is 10.4. The van der Waals surface area contributed by atoms with E-state index in [4.69, 9.17) is 16.2 Å². The summed E-state index contributed by atoms with van der Waals surface area (Å²) in [7, 11) is 0. The predicted molar refractivity (Wildman–Crippen MR) is 164 cm³/mol. The second kappa shape index (κ2) is 15.0. The smallest absolute Gasteiger partial charge is 0.315 e. The first-order valence-corrected chi connectivity index (χ1v) is 14.4. The maximum absolute atomic E-state index is 13.8. The summed E-state index contributed by atoms with van der Waals surface area (Å²) in [5, 5.41) is 8.55. The van der Waals surface area contributed by atoms with Gasteiger partial charge in [0.05, 0.1) is 18.6 Å². The summed E-state index contributed by atoms with van der Waals surface area (Å²) in [4.78, 5) is 45.6. The zero-order chi connectivity index (χ0) is 29.9. The molecule has 42 heavy (non-hydrogen) atoms. The highest BCUT2D eigenvalue weighted by Crippen LogP contribution is 2.22. The molecule has 3 unspecified atom stereocenters. The van der Waals surface area contributed by atoms with Crippen molar-refractivity contribution in [2.24, 2.45) is 16.5 Å². The van der Waals surface area contributed by atoms with Crippen molar-refractivity contribution in [3.8, 4) is 0 Å². The summed E-state index contributed by atoms with van der Waals surface area (Å²) >= 11 is 0. The first-order chi connectivity index (χ1) is 20.4. The van der Waals surface area contributed by atoms with Crippen molar-refractivity contribution in [2.45, 2.75) is 44.2 Å². The molecule has 0 aliphatic carbocycles. The molecule has 0 saturated carbocycles. The molecule has 1 fully saturated rings. The van der Waals surface area contributed by atoms with Gasteiger partial charge in [0.1, 0.15) is 0 Å². The molecule has 3 atom stereocenters. The van der Waals surface area contributed by atoms with Gasteiger partial charge in [-0.25, -0.2) is 0 Å².